The van der Waals surface area contributed by atoms with Gasteiger partial charge in [-0.25, -0.2) is 4.79 Å². The number of nitrogens with zero attached hydrogens (tertiary/aromatic N) is 1. The van der Waals surface area contributed by atoms with E-state index in [9.17, 15) is 22.8 Å². The monoisotopic (exact) mass is 355 g/mol. The molecule has 1 aromatic carbocycles. The molecular weight excluding hydrogens is 335 g/mol. The third kappa shape index (κ3) is 3.88. The lowest BCUT2D eigenvalue weighted by Crippen LogP contribution is -2.59. The Labute approximate surface area is 143 Å². The van der Waals surface area contributed by atoms with Gasteiger partial charge in [-0.2, -0.15) is 13.2 Å². The average Bonchev–Trinajstić information content (AvgIpc) is 2.48. The number of halogens is 3. The van der Waals surface area contributed by atoms with Crippen LogP contribution in [0.3, 0.4) is 0 Å². The average molecular weight is 355 g/mol. The van der Waals surface area contributed by atoms with E-state index in [4.69, 9.17) is 0 Å². The van der Waals surface area contributed by atoms with Gasteiger partial charge in [0.05, 0.1) is 11.6 Å². The SMILES string of the molecule is CC1NC(=O)CCC1NC(=O)N1CC(c2cccc(C(F)(F)F)c2)C1. The first-order valence-electron chi connectivity index (χ1n) is 8.26. The maximum atomic E-state index is 12.8. The second-order valence-electron chi connectivity index (χ2n) is 6.68. The van der Waals surface area contributed by atoms with Gasteiger partial charge in [0.15, 0.2) is 0 Å². The molecule has 3 rings (SSSR count). The lowest BCUT2D eigenvalue weighted by atomic mass is 9.90. The molecule has 2 heterocycles. The summed E-state index contributed by atoms with van der Waals surface area (Å²) in [7, 11) is 0. The summed E-state index contributed by atoms with van der Waals surface area (Å²) < 4.78 is 38.3. The van der Waals surface area contributed by atoms with E-state index in [1.54, 1.807) is 11.0 Å². The van der Waals surface area contributed by atoms with E-state index in [1.807, 2.05) is 6.92 Å². The molecule has 0 spiro atoms. The number of hydrogen-bond acceptors (Lipinski definition) is 2. The third-order valence-corrected chi connectivity index (χ3v) is 4.84. The summed E-state index contributed by atoms with van der Waals surface area (Å²) in [4.78, 5) is 25.1. The summed E-state index contributed by atoms with van der Waals surface area (Å²) in [6, 6.07) is 4.75. The van der Waals surface area contributed by atoms with Crippen LogP contribution < -0.4 is 10.6 Å². The number of hydrogen-bond donors (Lipinski definition) is 2. The number of rotatable bonds is 2. The van der Waals surface area contributed by atoms with Crippen molar-refractivity contribution in [3.05, 3.63) is 35.4 Å². The van der Waals surface area contributed by atoms with Crippen LogP contribution in [0.2, 0.25) is 0 Å². The molecule has 0 aromatic heterocycles. The van der Waals surface area contributed by atoms with Crippen molar-refractivity contribution >= 4 is 11.9 Å². The van der Waals surface area contributed by atoms with E-state index in [1.165, 1.54) is 6.07 Å². The summed E-state index contributed by atoms with van der Waals surface area (Å²) >= 11 is 0. The highest BCUT2D eigenvalue weighted by Gasteiger charge is 2.36. The van der Waals surface area contributed by atoms with Crippen LogP contribution in [-0.2, 0) is 11.0 Å². The summed E-state index contributed by atoms with van der Waals surface area (Å²) in [6.07, 6.45) is -3.40. The number of piperidine rings is 1. The lowest BCUT2D eigenvalue weighted by Gasteiger charge is -2.41. The molecule has 2 saturated heterocycles. The van der Waals surface area contributed by atoms with Gasteiger partial charge in [-0.05, 0) is 25.0 Å². The predicted octanol–water partition coefficient (Wildman–Crippen LogP) is 2.48. The van der Waals surface area contributed by atoms with E-state index in [2.05, 4.69) is 10.6 Å². The van der Waals surface area contributed by atoms with Gasteiger partial charge in [0, 0.05) is 31.5 Å². The molecule has 2 unspecified atom stereocenters. The van der Waals surface area contributed by atoms with Crippen molar-refractivity contribution in [2.75, 3.05) is 13.1 Å². The van der Waals surface area contributed by atoms with Gasteiger partial charge in [-0.15, -0.1) is 0 Å². The maximum Gasteiger partial charge on any atom is 0.416 e. The van der Waals surface area contributed by atoms with Gasteiger partial charge in [0.25, 0.3) is 0 Å². The molecule has 1 aromatic rings. The zero-order valence-corrected chi connectivity index (χ0v) is 13.8. The van der Waals surface area contributed by atoms with Crippen LogP contribution in [0.25, 0.3) is 0 Å². The molecule has 2 atom stereocenters. The van der Waals surface area contributed by atoms with Gasteiger partial charge in [0.1, 0.15) is 0 Å². The minimum absolute atomic E-state index is 0.0217. The fourth-order valence-corrected chi connectivity index (χ4v) is 3.23. The molecule has 2 N–H and O–H groups in total. The molecule has 2 aliphatic rings. The number of carbonyl (C=O) groups is 2. The minimum atomic E-state index is -4.36. The van der Waals surface area contributed by atoms with E-state index in [0.29, 0.717) is 31.5 Å². The lowest BCUT2D eigenvalue weighted by molar-refractivity contribution is -0.137. The molecule has 3 amide bonds. The summed E-state index contributed by atoms with van der Waals surface area (Å²) in [5.74, 6) is -0.108. The first-order chi connectivity index (χ1) is 11.7. The minimum Gasteiger partial charge on any atom is -0.352 e. The number of alkyl halides is 3. The summed E-state index contributed by atoms with van der Waals surface area (Å²) in [5.41, 5.74) is -0.0724. The van der Waals surface area contributed by atoms with Crippen molar-refractivity contribution in [1.29, 1.82) is 0 Å². The van der Waals surface area contributed by atoms with E-state index in [-0.39, 0.29) is 29.9 Å². The van der Waals surface area contributed by atoms with Gasteiger partial charge in [0.2, 0.25) is 5.91 Å². The Balaban J connectivity index is 1.54. The van der Waals surface area contributed by atoms with Crippen molar-refractivity contribution in [2.24, 2.45) is 0 Å². The van der Waals surface area contributed by atoms with E-state index >= 15 is 0 Å². The Morgan fingerprint density at radius 1 is 1.32 bits per heavy atom. The van der Waals surface area contributed by atoms with Crippen LogP contribution in [0, 0.1) is 0 Å². The Hall–Kier alpha value is -2.25. The second kappa shape index (κ2) is 6.57. The fourth-order valence-electron chi connectivity index (χ4n) is 3.23. The number of benzene rings is 1. The van der Waals surface area contributed by atoms with Crippen LogP contribution in [0.15, 0.2) is 24.3 Å². The molecule has 8 heteroatoms. The van der Waals surface area contributed by atoms with Crippen LogP contribution in [0.4, 0.5) is 18.0 Å². The van der Waals surface area contributed by atoms with Crippen molar-refractivity contribution in [3.8, 4) is 0 Å². The first kappa shape index (κ1) is 17.6. The standard InChI is InChI=1S/C17H20F3N3O2/c1-10-14(5-6-15(24)21-10)22-16(25)23-8-12(9-23)11-3-2-4-13(7-11)17(18,19)20/h2-4,7,10,12,14H,5-6,8-9H2,1H3,(H,21,24)(H,22,25). The normalized spacial score (nSPS) is 24.5. The van der Waals surface area contributed by atoms with Crippen LogP contribution >= 0.6 is 0 Å². The van der Waals surface area contributed by atoms with Crippen molar-refractivity contribution in [1.82, 2.24) is 15.5 Å². The second-order valence-corrected chi connectivity index (χ2v) is 6.68. The third-order valence-electron chi connectivity index (χ3n) is 4.84. The number of carbonyl (C=O) groups excluding carboxylic acids is 2. The van der Waals surface area contributed by atoms with Crippen LogP contribution in [-0.4, -0.2) is 42.0 Å². The molecule has 25 heavy (non-hydrogen) atoms. The molecule has 0 saturated carbocycles. The Bertz CT molecular complexity index is 671. The predicted molar refractivity (Wildman–Crippen MR) is 84.9 cm³/mol. The topological polar surface area (TPSA) is 61.4 Å². The van der Waals surface area contributed by atoms with Gasteiger partial charge in [-0.1, -0.05) is 18.2 Å². The van der Waals surface area contributed by atoms with Crippen LogP contribution in [0.1, 0.15) is 36.8 Å². The molecule has 0 aliphatic carbocycles. The zero-order chi connectivity index (χ0) is 18.2. The van der Waals surface area contributed by atoms with Crippen molar-refractivity contribution in [3.63, 3.8) is 0 Å². The fraction of sp³-hybridized carbons (Fsp3) is 0.529. The zero-order valence-electron chi connectivity index (χ0n) is 13.8. The highest BCUT2D eigenvalue weighted by molar-refractivity contribution is 5.79. The Morgan fingerprint density at radius 2 is 2.04 bits per heavy atom. The van der Waals surface area contributed by atoms with E-state index in [0.717, 1.165) is 12.1 Å². The van der Waals surface area contributed by atoms with E-state index < -0.39 is 11.7 Å². The Morgan fingerprint density at radius 3 is 2.68 bits per heavy atom. The van der Waals surface area contributed by atoms with Gasteiger partial charge in [-0.3, -0.25) is 4.79 Å². The van der Waals surface area contributed by atoms with Crippen molar-refractivity contribution in [2.45, 2.75) is 43.9 Å². The molecule has 136 valence electrons. The highest BCUT2D eigenvalue weighted by atomic mass is 19.4. The molecule has 0 bridgehead atoms. The smallest absolute Gasteiger partial charge is 0.352 e. The van der Waals surface area contributed by atoms with Crippen molar-refractivity contribution < 1.29 is 22.8 Å². The number of likely N-dealkylation sites (tertiary alicyclic amines) is 1. The summed E-state index contributed by atoms with van der Waals surface area (Å²) in [5, 5.41) is 5.68. The molecule has 2 aliphatic heterocycles. The molecule has 2 fully saturated rings. The first-order valence-corrected chi connectivity index (χ1v) is 8.26. The maximum absolute atomic E-state index is 12.8. The van der Waals surface area contributed by atoms with Crippen LogP contribution in [0.5, 0.6) is 0 Å². The molecule has 5 nitrogen and oxygen atoms in total. The largest absolute Gasteiger partial charge is 0.416 e. The molecular formula is C17H20F3N3O2. The Kier molecular flexibility index (Phi) is 4.62. The molecule has 0 radical (unpaired) electrons. The van der Waals surface area contributed by atoms with Gasteiger partial charge < -0.3 is 15.5 Å². The summed E-state index contributed by atoms with van der Waals surface area (Å²) in [6.45, 7) is 2.62. The quantitative estimate of drug-likeness (QED) is 0.856. The number of urea groups is 1. The van der Waals surface area contributed by atoms with Gasteiger partial charge >= 0.3 is 12.2 Å². The highest BCUT2D eigenvalue weighted by Crippen LogP contribution is 2.33. The number of nitrogens with one attached hydrogen (secondary N) is 2. The number of amides is 3.